The molecule has 6 unspecified atom stereocenters. The van der Waals surface area contributed by atoms with E-state index in [1.54, 1.807) is 37.8 Å². The van der Waals surface area contributed by atoms with Gasteiger partial charge in [0, 0.05) is 62.7 Å². The molecule has 0 bridgehead atoms. The average molecular weight is 968 g/mol. The predicted molar refractivity (Wildman–Crippen MR) is 254 cm³/mol. The van der Waals surface area contributed by atoms with Gasteiger partial charge in [-0.25, -0.2) is 9.78 Å². The summed E-state index contributed by atoms with van der Waals surface area (Å²) < 4.78 is 11.0. The lowest BCUT2D eigenvalue weighted by atomic mass is 9.92. The monoisotopic (exact) mass is 967 g/mol. The van der Waals surface area contributed by atoms with E-state index in [0.717, 1.165) is 30.7 Å². The van der Waals surface area contributed by atoms with Crippen LogP contribution in [0.1, 0.15) is 127 Å². The van der Waals surface area contributed by atoms with E-state index in [0.29, 0.717) is 23.4 Å². The number of anilines is 1. The molecule has 0 saturated carbocycles. The van der Waals surface area contributed by atoms with Crippen LogP contribution < -0.4 is 21.3 Å². The maximum Gasteiger partial charge on any atom is 0.382 e. The minimum Gasteiger partial charge on any atom is -0.506 e. The first-order valence-corrected chi connectivity index (χ1v) is 24.0. The number of thiazole rings is 1. The van der Waals surface area contributed by atoms with Crippen molar-refractivity contribution in [2.75, 3.05) is 39.1 Å². The molecule has 1 saturated heterocycles. The summed E-state index contributed by atoms with van der Waals surface area (Å²) in [6.07, 6.45) is 2.97. The Bertz CT molecular complexity index is 2150. The van der Waals surface area contributed by atoms with E-state index in [4.69, 9.17) is 14.6 Å². The third kappa shape index (κ3) is 17.9. The van der Waals surface area contributed by atoms with Gasteiger partial charge in [0.1, 0.15) is 22.5 Å². The van der Waals surface area contributed by atoms with Crippen LogP contribution in [0.3, 0.4) is 0 Å². The number of likely N-dealkylation sites (N-methyl/N-ethyl adjacent to an activating group) is 2. The maximum atomic E-state index is 14.3. The van der Waals surface area contributed by atoms with E-state index in [9.17, 15) is 43.5 Å². The van der Waals surface area contributed by atoms with Gasteiger partial charge in [0.25, 0.3) is 11.8 Å². The molecule has 20 heteroatoms. The van der Waals surface area contributed by atoms with Gasteiger partial charge in [-0.15, -0.1) is 11.3 Å². The Hall–Kier alpha value is -6.07. The number of carbonyl (C=O) groups is 8. The quantitative estimate of drug-likeness (QED) is 0.0373. The number of hydrogen-bond acceptors (Lipinski definition) is 14. The largest absolute Gasteiger partial charge is 0.506 e. The van der Waals surface area contributed by atoms with Crippen molar-refractivity contribution in [3.63, 3.8) is 0 Å². The molecular formula is C48H69N7O12S. The number of piperidine rings is 1. The highest BCUT2D eigenvalue weighted by molar-refractivity contribution is 7.09. The van der Waals surface area contributed by atoms with E-state index in [1.165, 1.54) is 24.4 Å². The van der Waals surface area contributed by atoms with Crippen LogP contribution in [0, 0.1) is 29.6 Å². The Morgan fingerprint density at radius 1 is 1.01 bits per heavy atom. The number of benzene rings is 1. The zero-order valence-corrected chi connectivity index (χ0v) is 41.5. The van der Waals surface area contributed by atoms with Gasteiger partial charge < -0.3 is 45.9 Å². The van der Waals surface area contributed by atoms with Gasteiger partial charge in [-0.1, -0.05) is 53.5 Å². The fraction of sp³-hybridized carbons (Fsp3) is 0.604. The lowest BCUT2D eigenvalue weighted by Gasteiger charge is -2.38. The van der Waals surface area contributed by atoms with Crippen LogP contribution in [-0.2, 0) is 49.5 Å². The van der Waals surface area contributed by atoms with E-state index in [2.05, 4.69) is 26.3 Å². The molecule has 1 aromatic carbocycles. The molecule has 1 aliphatic rings. The third-order valence-electron chi connectivity index (χ3n) is 11.9. The minimum absolute atomic E-state index is 0.0254. The Labute approximate surface area is 402 Å². The fourth-order valence-electron chi connectivity index (χ4n) is 7.93. The van der Waals surface area contributed by atoms with Crippen LogP contribution >= 0.6 is 11.3 Å². The van der Waals surface area contributed by atoms with Crippen LogP contribution in [0.2, 0.25) is 0 Å². The van der Waals surface area contributed by atoms with Crippen molar-refractivity contribution >= 4 is 64.5 Å². The lowest BCUT2D eigenvalue weighted by molar-refractivity contribution is -0.149. The zero-order valence-electron chi connectivity index (χ0n) is 40.6. The number of carbonyl (C=O) groups excluding carboxylic acids is 7. The smallest absolute Gasteiger partial charge is 0.382 e. The number of likely N-dealkylation sites (tertiary alicyclic amines) is 1. The number of phenolic OH excluding ortho intramolecular Hbond substituents is 1. The van der Waals surface area contributed by atoms with Crippen molar-refractivity contribution in [1.82, 2.24) is 30.7 Å². The summed E-state index contributed by atoms with van der Waals surface area (Å²) in [7, 11) is 3.60. The minimum atomic E-state index is -1.45. The second-order valence-corrected chi connectivity index (χ2v) is 18.5. The zero-order chi connectivity index (χ0) is 50.7. The molecule has 6 N–H and O–H groups in total. The van der Waals surface area contributed by atoms with Crippen LogP contribution in [0.4, 0.5) is 5.69 Å². The average Bonchev–Trinajstić information content (AvgIpc) is 3.79. The highest BCUT2D eigenvalue weighted by atomic mass is 32.1. The number of rotatable bonds is 24. The number of nitrogens with one attached hydrogen (secondary N) is 4. The van der Waals surface area contributed by atoms with Crippen LogP contribution in [0.15, 0.2) is 23.6 Å². The number of carboxylic acid groups (broad SMARTS) is 1. The van der Waals surface area contributed by atoms with E-state index in [-0.39, 0.29) is 92.1 Å². The second kappa shape index (κ2) is 27.7. The molecule has 3 rings (SSSR count). The number of aromatic nitrogens is 1. The number of ether oxygens (including phenoxy) is 2. The Morgan fingerprint density at radius 3 is 2.37 bits per heavy atom. The van der Waals surface area contributed by atoms with E-state index < -0.39 is 65.8 Å². The SMILES string of the molecule is CCOC(=O)C(C)CC(Cc1ccc(O)c(NC(=O)CCCNC(=O)C#CC(=O)O)c1)NC(=O)c1csc(C(CC(C(C)C)N(C)C(=O)C(NC(=O)[C@H]2CCCCN2C)C(C)CC)OC(C)=O)n1. The van der Waals surface area contributed by atoms with Gasteiger partial charge >= 0.3 is 17.9 Å². The van der Waals surface area contributed by atoms with E-state index in [1.807, 2.05) is 45.6 Å². The van der Waals surface area contributed by atoms with Crippen molar-refractivity contribution in [2.24, 2.45) is 17.8 Å². The van der Waals surface area contributed by atoms with Crippen LogP contribution in [0.25, 0.3) is 0 Å². The highest BCUT2D eigenvalue weighted by Gasteiger charge is 2.37. The number of amides is 5. The highest BCUT2D eigenvalue weighted by Crippen LogP contribution is 2.32. The molecule has 2 heterocycles. The van der Waals surface area contributed by atoms with Crippen LogP contribution in [0.5, 0.6) is 5.75 Å². The summed E-state index contributed by atoms with van der Waals surface area (Å²) in [4.78, 5) is 110. The normalized spacial score (nSPS) is 16.3. The van der Waals surface area contributed by atoms with Crippen molar-refractivity contribution in [3.8, 4) is 17.6 Å². The van der Waals surface area contributed by atoms with Gasteiger partial charge in [-0.3, -0.25) is 38.5 Å². The van der Waals surface area contributed by atoms with E-state index >= 15 is 0 Å². The van der Waals surface area contributed by atoms with Crippen molar-refractivity contribution < 1.29 is 58.0 Å². The standard InChI is InChI=1S/C48H69N7O12S/c1-10-29(5)43(53-45(63)36-15-12-13-22-54(36)8)47(64)55(9)37(28(3)4)26-39(67-31(7)56)46-52-35(27-68-46)44(62)50-33(23-30(6)48(65)66-11-2)24-32-17-18-38(57)34(25-32)51-41(59)16-14-21-49-40(58)19-20-42(60)61/h17-18,25,27-30,33,36-37,39,43,57H,10-16,21-24,26H2,1-9H3,(H,49,58)(H,50,62)(H,51,59)(H,53,63)(H,60,61)/t29?,30?,33?,36-,37?,39?,43?/m1/s1. The van der Waals surface area contributed by atoms with Crippen molar-refractivity contribution in [2.45, 2.75) is 137 Å². The Balaban J connectivity index is 1.81. The van der Waals surface area contributed by atoms with Gasteiger partial charge in [0.15, 0.2) is 6.10 Å². The summed E-state index contributed by atoms with van der Waals surface area (Å²) in [6, 6.07) is 2.28. The molecule has 5 amide bonds. The Morgan fingerprint density at radius 2 is 1.74 bits per heavy atom. The lowest BCUT2D eigenvalue weighted by Crippen LogP contribution is -2.58. The topological polar surface area (TPSA) is 263 Å². The fourth-order valence-corrected chi connectivity index (χ4v) is 8.77. The Kier molecular flexibility index (Phi) is 22.9. The van der Waals surface area contributed by atoms with Gasteiger partial charge in [-0.2, -0.15) is 0 Å². The molecule has 1 fully saturated rings. The number of hydrogen-bond donors (Lipinski definition) is 6. The van der Waals surface area contributed by atoms with Gasteiger partial charge in [0.05, 0.1) is 24.3 Å². The number of carboxylic acids is 1. The first kappa shape index (κ1) is 56.3. The number of aliphatic carboxylic acids is 1. The molecule has 1 aromatic heterocycles. The number of nitrogens with zero attached hydrogens (tertiary/aromatic N) is 3. The summed E-state index contributed by atoms with van der Waals surface area (Å²) in [6.45, 7) is 13.4. The molecule has 19 nitrogen and oxygen atoms in total. The second-order valence-electron chi connectivity index (χ2n) is 17.6. The molecule has 0 radical (unpaired) electrons. The molecule has 2 aromatic rings. The van der Waals surface area contributed by atoms with Crippen LogP contribution in [-0.4, -0.2) is 130 Å². The predicted octanol–water partition coefficient (Wildman–Crippen LogP) is 4.19. The molecule has 0 aliphatic carbocycles. The molecule has 7 atom stereocenters. The van der Waals surface area contributed by atoms with Gasteiger partial charge in [0.2, 0.25) is 17.7 Å². The molecular weight excluding hydrogens is 899 g/mol. The number of esters is 2. The van der Waals surface area contributed by atoms with Gasteiger partial charge in [-0.05, 0) is 82.2 Å². The molecule has 0 spiro atoms. The summed E-state index contributed by atoms with van der Waals surface area (Å²) >= 11 is 1.11. The molecule has 1 aliphatic heterocycles. The first-order valence-electron chi connectivity index (χ1n) is 23.2. The summed E-state index contributed by atoms with van der Waals surface area (Å²) in [5, 5.41) is 32.1. The maximum absolute atomic E-state index is 14.3. The number of aromatic hydroxyl groups is 1. The van der Waals surface area contributed by atoms with Crippen molar-refractivity contribution in [3.05, 3.63) is 39.8 Å². The number of phenols is 1. The third-order valence-corrected chi connectivity index (χ3v) is 12.8. The summed E-state index contributed by atoms with van der Waals surface area (Å²) in [5.74, 6) is -2.33. The first-order chi connectivity index (χ1) is 32.1. The molecule has 68 heavy (non-hydrogen) atoms. The van der Waals surface area contributed by atoms with Crippen molar-refractivity contribution in [1.29, 1.82) is 0 Å². The molecule has 374 valence electrons. The summed E-state index contributed by atoms with van der Waals surface area (Å²) in [5.41, 5.74) is 0.706.